The molecule has 16 heavy (non-hydrogen) atoms. The van der Waals surface area contributed by atoms with E-state index in [1.807, 2.05) is 0 Å². The maximum Gasteiger partial charge on any atom is 0.303 e. The van der Waals surface area contributed by atoms with Gasteiger partial charge in [-0.2, -0.15) is 0 Å². The number of phenols is 1. The number of rotatable bonds is 4. The molecule has 0 radical (unpaired) electrons. The number of phenolic OH excluding ortho intramolecular Hbond substituents is 1. The number of carboxylic acid groups (broad SMARTS) is 1. The van der Waals surface area contributed by atoms with E-state index in [9.17, 15) is 13.6 Å². The molecule has 0 saturated carbocycles. The van der Waals surface area contributed by atoms with Gasteiger partial charge >= 0.3 is 5.97 Å². The Morgan fingerprint density at radius 3 is 2.31 bits per heavy atom. The topological polar surface area (TPSA) is 83.6 Å². The van der Waals surface area contributed by atoms with Crippen molar-refractivity contribution in [2.45, 2.75) is 18.9 Å². The Kier molecular flexibility index (Phi) is 3.78. The Morgan fingerprint density at radius 2 is 1.88 bits per heavy atom. The fourth-order valence-electron chi connectivity index (χ4n) is 1.35. The average Bonchev–Trinajstić information content (AvgIpc) is 2.12. The highest BCUT2D eigenvalue weighted by molar-refractivity contribution is 5.66. The molecule has 0 aliphatic heterocycles. The number of carbonyl (C=O) groups is 1. The summed E-state index contributed by atoms with van der Waals surface area (Å²) in [5.41, 5.74) is 5.07. The van der Waals surface area contributed by atoms with Crippen LogP contribution >= 0.6 is 0 Å². The zero-order valence-electron chi connectivity index (χ0n) is 8.28. The van der Waals surface area contributed by atoms with Crippen molar-refractivity contribution >= 4 is 5.97 Å². The maximum atomic E-state index is 13.3. The minimum atomic E-state index is -1.09. The van der Waals surface area contributed by atoms with Gasteiger partial charge < -0.3 is 15.9 Å². The normalized spacial score (nSPS) is 12.4. The van der Waals surface area contributed by atoms with E-state index >= 15 is 0 Å². The monoisotopic (exact) mass is 231 g/mol. The van der Waals surface area contributed by atoms with Gasteiger partial charge in [0.25, 0.3) is 0 Å². The van der Waals surface area contributed by atoms with E-state index in [1.165, 1.54) is 0 Å². The molecule has 1 rings (SSSR count). The minimum absolute atomic E-state index is 0.0754. The van der Waals surface area contributed by atoms with E-state index in [0.717, 1.165) is 12.1 Å². The third kappa shape index (κ3) is 2.90. The molecule has 0 aliphatic rings. The predicted molar refractivity (Wildman–Crippen MR) is 51.8 cm³/mol. The smallest absolute Gasteiger partial charge is 0.303 e. The summed E-state index contributed by atoms with van der Waals surface area (Å²) in [7, 11) is 0. The lowest BCUT2D eigenvalue weighted by atomic mass is 10.0. The quantitative estimate of drug-likeness (QED) is 0.733. The van der Waals surface area contributed by atoms with Gasteiger partial charge in [-0.05, 0) is 6.42 Å². The van der Waals surface area contributed by atoms with Crippen LogP contribution in [0.1, 0.15) is 24.4 Å². The van der Waals surface area contributed by atoms with Gasteiger partial charge in [-0.3, -0.25) is 4.79 Å². The first-order valence-electron chi connectivity index (χ1n) is 4.57. The molecule has 88 valence electrons. The molecular weight excluding hydrogens is 220 g/mol. The summed E-state index contributed by atoms with van der Waals surface area (Å²) < 4.78 is 26.5. The van der Waals surface area contributed by atoms with Crippen LogP contribution in [0.2, 0.25) is 0 Å². The van der Waals surface area contributed by atoms with Crippen molar-refractivity contribution in [3.8, 4) is 5.75 Å². The standard InChI is InChI=1S/C10H11F2NO3/c11-6-3-5(14)4-7(12)10(6)8(13)1-2-9(15)16/h3-4,8,14H,1-2,13H2,(H,15,16). The van der Waals surface area contributed by atoms with E-state index in [4.69, 9.17) is 15.9 Å². The Hall–Kier alpha value is -1.69. The Balaban J connectivity index is 2.90. The highest BCUT2D eigenvalue weighted by Gasteiger charge is 2.18. The first-order chi connectivity index (χ1) is 7.41. The molecule has 0 saturated heterocycles. The Morgan fingerprint density at radius 1 is 1.38 bits per heavy atom. The third-order valence-electron chi connectivity index (χ3n) is 2.10. The molecule has 0 aliphatic carbocycles. The first kappa shape index (κ1) is 12.4. The van der Waals surface area contributed by atoms with Crippen molar-refractivity contribution in [2.24, 2.45) is 5.73 Å². The van der Waals surface area contributed by atoms with Gasteiger partial charge in [-0.15, -0.1) is 0 Å². The van der Waals surface area contributed by atoms with Gasteiger partial charge in [-0.25, -0.2) is 8.78 Å². The molecule has 6 heteroatoms. The average molecular weight is 231 g/mol. The molecule has 4 N–H and O–H groups in total. The van der Waals surface area contributed by atoms with Crippen molar-refractivity contribution in [3.05, 3.63) is 29.3 Å². The summed E-state index contributed by atoms with van der Waals surface area (Å²) in [5, 5.41) is 17.3. The molecule has 0 aromatic heterocycles. The second kappa shape index (κ2) is 4.89. The number of halogens is 2. The molecule has 0 amide bonds. The van der Waals surface area contributed by atoms with Crippen LogP contribution in [0.3, 0.4) is 0 Å². The second-order valence-electron chi connectivity index (χ2n) is 3.36. The summed E-state index contributed by atoms with van der Waals surface area (Å²) in [6.07, 6.45) is -0.352. The van der Waals surface area contributed by atoms with Crippen LogP contribution in [0.25, 0.3) is 0 Å². The summed E-state index contributed by atoms with van der Waals surface area (Å²) in [5.74, 6) is -3.58. The first-order valence-corrected chi connectivity index (χ1v) is 4.57. The number of benzene rings is 1. The molecule has 0 bridgehead atoms. The van der Waals surface area contributed by atoms with E-state index in [1.54, 1.807) is 0 Å². The second-order valence-corrected chi connectivity index (χ2v) is 3.36. The number of aromatic hydroxyl groups is 1. The third-order valence-corrected chi connectivity index (χ3v) is 2.10. The Labute approximate surface area is 90.3 Å². The van der Waals surface area contributed by atoms with E-state index in [-0.39, 0.29) is 12.8 Å². The summed E-state index contributed by atoms with van der Waals surface area (Å²) in [6.45, 7) is 0. The van der Waals surface area contributed by atoms with E-state index in [2.05, 4.69) is 0 Å². The van der Waals surface area contributed by atoms with Crippen molar-refractivity contribution < 1.29 is 23.8 Å². The molecule has 4 nitrogen and oxygen atoms in total. The van der Waals surface area contributed by atoms with Crippen LogP contribution in [0.5, 0.6) is 5.75 Å². The van der Waals surface area contributed by atoms with E-state index < -0.39 is 35.0 Å². The van der Waals surface area contributed by atoms with Crippen LogP contribution in [0.4, 0.5) is 8.78 Å². The molecular formula is C10H11F2NO3. The van der Waals surface area contributed by atoms with Crippen LogP contribution in [-0.2, 0) is 4.79 Å². The van der Waals surface area contributed by atoms with Crippen LogP contribution < -0.4 is 5.73 Å². The zero-order valence-corrected chi connectivity index (χ0v) is 8.28. The molecule has 0 heterocycles. The van der Waals surface area contributed by atoms with Crippen molar-refractivity contribution in [1.82, 2.24) is 0 Å². The lowest BCUT2D eigenvalue weighted by molar-refractivity contribution is -0.137. The van der Waals surface area contributed by atoms with Crippen LogP contribution in [0.15, 0.2) is 12.1 Å². The van der Waals surface area contributed by atoms with Crippen LogP contribution in [0, 0.1) is 11.6 Å². The van der Waals surface area contributed by atoms with Crippen molar-refractivity contribution in [2.75, 3.05) is 0 Å². The number of hydrogen-bond acceptors (Lipinski definition) is 3. The maximum absolute atomic E-state index is 13.3. The number of carboxylic acids is 1. The summed E-state index contributed by atoms with van der Waals surface area (Å²) in [4.78, 5) is 10.3. The molecule has 1 aromatic carbocycles. The van der Waals surface area contributed by atoms with Gasteiger partial charge in [0, 0.05) is 30.2 Å². The lowest BCUT2D eigenvalue weighted by Crippen LogP contribution is -2.15. The molecule has 1 atom stereocenters. The van der Waals surface area contributed by atoms with Crippen molar-refractivity contribution in [1.29, 1.82) is 0 Å². The molecule has 0 spiro atoms. The van der Waals surface area contributed by atoms with Crippen LogP contribution in [-0.4, -0.2) is 16.2 Å². The molecule has 1 unspecified atom stereocenters. The summed E-state index contributed by atoms with van der Waals surface area (Å²) >= 11 is 0. The highest BCUT2D eigenvalue weighted by atomic mass is 19.1. The Bertz CT molecular complexity index is 386. The number of aliphatic carboxylic acids is 1. The number of nitrogens with two attached hydrogens (primary N) is 1. The fourth-order valence-corrected chi connectivity index (χ4v) is 1.35. The summed E-state index contributed by atoms with van der Waals surface area (Å²) in [6, 6.07) is 0.426. The van der Waals surface area contributed by atoms with Gasteiger partial charge in [0.15, 0.2) is 0 Å². The molecule has 0 fully saturated rings. The highest BCUT2D eigenvalue weighted by Crippen LogP contribution is 2.26. The number of hydrogen-bond donors (Lipinski definition) is 3. The predicted octanol–water partition coefficient (Wildman–Crippen LogP) is 1.53. The fraction of sp³-hybridized carbons (Fsp3) is 0.300. The largest absolute Gasteiger partial charge is 0.508 e. The molecule has 1 aromatic rings. The van der Waals surface area contributed by atoms with Gasteiger partial charge in [0.1, 0.15) is 17.4 Å². The zero-order chi connectivity index (χ0) is 12.3. The van der Waals surface area contributed by atoms with Gasteiger partial charge in [0.05, 0.1) is 0 Å². The lowest BCUT2D eigenvalue weighted by Gasteiger charge is -2.13. The van der Waals surface area contributed by atoms with Gasteiger partial charge in [0.2, 0.25) is 0 Å². The van der Waals surface area contributed by atoms with Gasteiger partial charge in [-0.1, -0.05) is 0 Å². The SMILES string of the molecule is NC(CCC(=O)O)c1c(F)cc(O)cc1F. The minimum Gasteiger partial charge on any atom is -0.508 e. The van der Waals surface area contributed by atoms with E-state index in [0.29, 0.717) is 0 Å². The van der Waals surface area contributed by atoms with Crippen molar-refractivity contribution in [3.63, 3.8) is 0 Å².